The number of hydrogen-bond donors (Lipinski definition) is 1. The number of rotatable bonds is 6. The Balaban J connectivity index is 1.75. The van der Waals surface area contributed by atoms with Crippen LogP contribution in [0.3, 0.4) is 0 Å². The molecule has 1 heterocycles. The molecule has 4 heteroatoms. The molecule has 0 spiro atoms. The lowest BCUT2D eigenvalue weighted by Gasteiger charge is -2.03. The van der Waals surface area contributed by atoms with Gasteiger partial charge in [-0.1, -0.05) is 0 Å². The zero-order chi connectivity index (χ0) is 11.5. The zero-order valence-electron chi connectivity index (χ0n) is 9.99. The molecular weight excluding hydrogens is 202 g/mol. The SMILES string of the molecule is Cc1cc(CC(=O)CNCC2CC2)n(C)n1. The van der Waals surface area contributed by atoms with Crippen LogP contribution < -0.4 is 5.32 Å². The summed E-state index contributed by atoms with van der Waals surface area (Å²) in [6.45, 7) is 3.43. The van der Waals surface area contributed by atoms with E-state index >= 15 is 0 Å². The molecule has 1 aromatic rings. The van der Waals surface area contributed by atoms with E-state index in [4.69, 9.17) is 0 Å². The van der Waals surface area contributed by atoms with Gasteiger partial charge in [0.1, 0.15) is 0 Å². The molecule has 1 aliphatic carbocycles. The van der Waals surface area contributed by atoms with Crippen molar-refractivity contribution >= 4 is 5.78 Å². The molecule has 1 aromatic heterocycles. The molecule has 1 N–H and O–H groups in total. The van der Waals surface area contributed by atoms with Gasteiger partial charge in [-0.25, -0.2) is 0 Å². The Morgan fingerprint density at radius 1 is 1.62 bits per heavy atom. The molecular formula is C12H19N3O. The first-order valence-corrected chi connectivity index (χ1v) is 5.87. The van der Waals surface area contributed by atoms with Crippen LogP contribution in [0, 0.1) is 12.8 Å². The molecule has 0 saturated heterocycles. The number of hydrogen-bond acceptors (Lipinski definition) is 3. The van der Waals surface area contributed by atoms with E-state index in [0.29, 0.717) is 13.0 Å². The van der Waals surface area contributed by atoms with Gasteiger partial charge >= 0.3 is 0 Å². The van der Waals surface area contributed by atoms with Crippen LogP contribution in [0.2, 0.25) is 0 Å². The van der Waals surface area contributed by atoms with Gasteiger partial charge < -0.3 is 5.32 Å². The Hall–Kier alpha value is -1.16. The number of ketones is 1. The summed E-state index contributed by atoms with van der Waals surface area (Å²) in [6, 6.07) is 1.97. The van der Waals surface area contributed by atoms with E-state index in [2.05, 4.69) is 10.4 Å². The van der Waals surface area contributed by atoms with Crippen LogP contribution in [-0.2, 0) is 18.3 Å². The highest BCUT2D eigenvalue weighted by molar-refractivity contribution is 5.82. The average Bonchev–Trinajstić information content (AvgIpc) is 2.95. The first-order valence-electron chi connectivity index (χ1n) is 5.87. The molecule has 4 nitrogen and oxygen atoms in total. The van der Waals surface area contributed by atoms with E-state index in [0.717, 1.165) is 23.9 Å². The lowest BCUT2D eigenvalue weighted by Crippen LogP contribution is -2.26. The summed E-state index contributed by atoms with van der Waals surface area (Å²) in [5.41, 5.74) is 1.96. The summed E-state index contributed by atoms with van der Waals surface area (Å²) >= 11 is 0. The minimum atomic E-state index is 0.239. The van der Waals surface area contributed by atoms with Gasteiger partial charge in [-0.2, -0.15) is 5.10 Å². The number of carbonyl (C=O) groups is 1. The normalized spacial score (nSPS) is 15.4. The maximum atomic E-state index is 11.7. The highest BCUT2D eigenvalue weighted by Gasteiger charge is 2.20. The Morgan fingerprint density at radius 2 is 2.38 bits per heavy atom. The van der Waals surface area contributed by atoms with Crippen molar-refractivity contribution in [3.63, 3.8) is 0 Å². The molecule has 2 rings (SSSR count). The first-order chi connectivity index (χ1) is 7.65. The highest BCUT2D eigenvalue weighted by atomic mass is 16.1. The fraction of sp³-hybridized carbons (Fsp3) is 0.667. The standard InChI is InChI=1S/C12H19N3O/c1-9-5-11(15(2)14-9)6-12(16)8-13-7-10-3-4-10/h5,10,13H,3-4,6-8H2,1-2H3. The van der Waals surface area contributed by atoms with Gasteiger partial charge in [0.2, 0.25) is 0 Å². The Kier molecular flexibility index (Phi) is 3.39. The van der Waals surface area contributed by atoms with Gasteiger partial charge in [-0.05, 0) is 38.3 Å². The van der Waals surface area contributed by atoms with E-state index in [9.17, 15) is 4.79 Å². The molecule has 16 heavy (non-hydrogen) atoms. The van der Waals surface area contributed by atoms with Crippen LogP contribution in [-0.4, -0.2) is 28.7 Å². The minimum absolute atomic E-state index is 0.239. The fourth-order valence-corrected chi connectivity index (χ4v) is 1.83. The molecule has 0 unspecified atom stereocenters. The lowest BCUT2D eigenvalue weighted by atomic mass is 10.2. The monoisotopic (exact) mass is 221 g/mol. The van der Waals surface area contributed by atoms with Crippen LogP contribution >= 0.6 is 0 Å². The molecule has 0 atom stereocenters. The number of aryl methyl sites for hydroxylation is 2. The third-order valence-corrected chi connectivity index (χ3v) is 2.93. The molecule has 0 aliphatic heterocycles. The maximum Gasteiger partial charge on any atom is 0.152 e. The molecule has 88 valence electrons. The molecule has 1 fully saturated rings. The van der Waals surface area contributed by atoms with Crippen LogP contribution in [0.15, 0.2) is 6.07 Å². The van der Waals surface area contributed by atoms with Crippen LogP contribution in [0.4, 0.5) is 0 Å². The molecule has 0 aromatic carbocycles. The van der Waals surface area contributed by atoms with Crippen LogP contribution in [0.5, 0.6) is 0 Å². The first kappa shape index (κ1) is 11.3. The van der Waals surface area contributed by atoms with Crippen molar-refractivity contribution in [1.29, 1.82) is 0 Å². The van der Waals surface area contributed by atoms with E-state index in [1.165, 1.54) is 12.8 Å². The Bertz CT molecular complexity index is 380. The lowest BCUT2D eigenvalue weighted by molar-refractivity contribution is -0.117. The zero-order valence-corrected chi connectivity index (χ0v) is 9.99. The summed E-state index contributed by atoms with van der Waals surface area (Å²) < 4.78 is 1.79. The van der Waals surface area contributed by atoms with Gasteiger partial charge in [-0.15, -0.1) is 0 Å². The van der Waals surface area contributed by atoms with Crippen molar-refractivity contribution in [1.82, 2.24) is 15.1 Å². The Morgan fingerprint density at radius 3 is 2.94 bits per heavy atom. The number of carbonyl (C=O) groups excluding carboxylic acids is 1. The van der Waals surface area contributed by atoms with Gasteiger partial charge in [0.15, 0.2) is 5.78 Å². The Labute approximate surface area is 96.0 Å². The van der Waals surface area contributed by atoms with Gasteiger partial charge in [-0.3, -0.25) is 9.48 Å². The second-order valence-corrected chi connectivity index (χ2v) is 4.69. The fourth-order valence-electron chi connectivity index (χ4n) is 1.83. The van der Waals surface area contributed by atoms with Gasteiger partial charge in [0, 0.05) is 19.2 Å². The van der Waals surface area contributed by atoms with E-state index < -0.39 is 0 Å². The van der Waals surface area contributed by atoms with Gasteiger partial charge in [0.25, 0.3) is 0 Å². The number of nitrogens with zero attached hydrogens (tertiary/aromatic N) is 2. The van der Waals surface area contributed by atoms with Crippen molar-refractivity contribution in [2.75, 3.05) is 13.1 Å². The second-order valence-electron chi connectivity index (χ2n) is 4.69. The van der Waals surface area contributed by atoms with Crippen molar-refractivity contribution < 1.29 is 4.79 Å². The van der Waals surface area contributed by atoms with Crippen molar-refractivity contribution in [3.8, 4) is 0 Å². The van der Waals surface area contributed by atoms with Crippen molar-refractivity contribution in [3.05, 3.63) is 17.5 Å². The smallest absolute Gasteiger partial charge is 0.152 e. The van der Waals surface area contributed by atoms with E-state index in [1.54, 1.807) is 4.68 Å². The van der Waals surface area contributed by atoms with Crippen molar-refractivity contribution in [2.45, 2.75) is 26.2 Å². The quantitative estimate of drug-likeness (QED) is 0.774. The summed E-state index contributed by atoms with van der Waals surface area (Å²) in [4.78, 5) is 11.7. The van der Waals surface area contributed by atoms with Gasteiger partial charge in [0.05, 0.1) is 12.2 Å². The van der Waals surface area contributed by atoms with Crippen LogP contribution in [0.1, 0.15) is 24.2 Å². The van der Waals surface area contributed by atoms with E-state index in [-0.39, 0.29) is 5.78 Å². The van der Waals surface area contributed by atoms with E-state index in [1.807, 2.05) is 20.0 Å². The summed E-state index contributed by atoms with van der Waals surface area (Å²) in [7, 11) is 1.88. The summed E-state index contributed by atoms with van der Waals surface area (Å²) in [5, 5.41) is 7.44. The third-order valence-electron chi connectivity index (χ3n) is 2.93. The summed E-state index contributed by atoms with van der Waals surface area (Å²) in [6.07, 6.45) is 3.12. The minimum Gasteiger partial charge on any atom is -0.310 e. The predicted molar refractivity (Wildman–Crippen MR) is 62.2 cm³/mol. The molecule has 0 bridgehead atoms. The summed E-state index contributed by atoms with van der Waals surface area (Å²) in [5.74, 6) is 1.07. The average molecular weight is 221 g/mol. The largest absolute Gasteiger partial charge is 0.310 e. The molecule has 0 amide bonds. The van der Waals surface area contributed by atoms with Crippen LogP contribution in [0.25, 0.3) is 0 Å². The third kappa shape index (κ3) is 3.17. The molecule has 0 radical (unpaired) electrons. The highest BCUT2D eigenvalue weighted by Crippen LogP contribution is 2.27. The second kappa shape index (κ2) is 4.78. The molecule has 1 saturated carbocycles. The predicted octanol–water partition coefficient (Wildman–Crippen LogP) is 0.840. The van der Waals surface area contributed by atoms with Crippen molar-refractivity contribution in [2.24, 2.45) is 13.0 Å². The number of aromatic nitrogens is 2. The maximum absolute atomic E-state index is 11.7. The number of nitrogens with one attached hydrogen (secondary N) is 1. The number of Topliss-reactive ketones (excluding diaryl/α,β-unsaturated/α-hetero) is 1. The topological polar surface area (TPSA) is 46.9 Å². The molecule has 1 aliphatic rings.